The highest BCUT2D eigenvalue weighted by atomic mass is 16.5. The van der Waals surface area contributed by atoms with Gasteiger partial charge in [-0.3, -0.25) is 9.59 Å². The summed E-state index contributed by atoms with van der Waals surface area (Å²) in [6, 6.07) is 22.9. The number of Topliss-reactive ketones (excluding diaryl/α,β-unsaturated/α-hetero) is 1. The molecule has 0 fully saturated rings. The molecular formula is C36H45N7O5. The summed E-state index contributed by atoms with van der Waals surface area (Å²) in [5.74, 6) is 1.10. The molecule has 0 bridgehead atoms. The molecule has 5 N–H and O–H groups in total. The molecule has 0 aliphatic heterocycles. The van der Waals surface area contributed by atoms with Crippen LogP contribution in [0.2, 0.25) is 0 Å². The Balaban J connectivity index is 1.23. The summed E-state index contributed by atoms with van der Waals surface area (Å²) < 4.78 is 11.2. The van der Waals surface area contributed by atoms with Crippen molar-refractivity contribution >= 4 is 40.9 Å². The smallest absolute Gasteiger partial charge is 0.251 e. The van der Waals surface area contributed by atoms with Gasteiger partial charge in [0, 0.05) is 42.0 Å². The molecule has 254 valence electrons. The third-order valence-electron chi connectivity index (χ3n) is 7.20. The van der Waals surface area contributed by atoms with Gasteiger partial charge >= 0.3 is 0 Å². The monoisotopic (exact) mass is 655 g/mol. The van der Waals surface area contributed by atoms with Gasteiger partial charge in [-0.25, -0.2) is 0 Å². The van der Waals surface area contributed by atoms with E-state index in [9.17, 15) is 14.7 Å². The molecule has 4 aromatic rings. The average molecular weight is 656 g/mol. The van der Waals surface area contributed by atoms with Crippen LogP contribution >= 0.6 is 0 Å². The van der Waals surface area contributed by atoms with Crippen LogP contribution in [0.3, 0.4) is 0 Å². The molecular weight excluding hydrogens is 610 g/mol. The number of aromatic hydroxyl groups is 1. The zero-order valence-corrected chi connectivity index (χ0v) is 27.4. The van der Waals surface area contributed by atoms with E-state index in [2.05, 4.69) is 43.1 Å². The number of carbonyl (C=O) groups is 2. The fourth-order valence-corrected chi connectivity index (χ4v) is 4.63. The molecule has 48 heavy (non-hydrogen) atoms. The number of hydrogen-bond acceptors (Lipinski definition) is 11. The predicted molar refractivity (Wildman–Crippen MR) is 188 cm³/mol. The van der Waals surface area contributed by atoms with E-state index in [1.165, 1.54) is 19.3 Å². The van der Waals surface area contributed by atoms with Gasteiger partial charge in [0.15, 0.2) is 5.78 Å². The van der Waals surface area contributed by atoms with Crippen molar-refractivity contribution in [3.05, 3.63) is 90.0 Å². The molecule has 0 atom stereocenters. The molecule has 1 aromatic heterocycles. The maximum absolute atomic E-state index is 12.6. The van der Waals surface area contributed by atoms with E-state index in [0.29, 0.717) is 80.6 Å². The number of nitrogens with one attached hydrogen (secondary N) is 4. The Morgan fingerprint density at radius 2 is 1.23 bits per heavy atom. The zero-order valence-electron chi connectivity index (χ0n) is 27.4. The summed E-state index contributed by atoms with van der Waals surface area (Å²) >= 11 is 0. The Hall–Kier alpha value is -5.07. The molecule has 0 radical (unpaired) electrons. The lowest BCUT2D eigenvalue weighted by Gasteiger charge is -2.12. The van der Waals surface area contributed by atoms with E-state index in [0.717, 1.165) is 18.5 Å². The van der Waals surface area contributed by atoms with Crippen LogP contribution in [-0.2, 0) is 9.47 Å². The summed E-state index contributed by atoms with van der Waals surface area (Å²) in [6.45, 7) is 4.58. The highest BCUT2D eigenvalue weighted by Crippen LogP contribution is 2.21. The maximum atomic E-state index is 12.6. The van der Waals surface area contributed by atoms with E-state index in [1.54, 1.807) is 36.4 Å². The lowest BCUT2D eigenvalue weighted by atomic mass is 10.0. The Morgan fingerprint density at radius 3 is 1.88 bits per heavy atom. The van der Waals surface area contributed by atoms with Gasteiger partial charge < -0.3 is 35.8 Å². The van der Waals surface area contributed by atoms with Gasteiger partial charge in [-0.1, -0.05) is 50.8 Å². The number of carbonyl (C=O) groups excluding carboxylic acids is 2. The number of amides is 1. The Labute approximate surface area is 281 Å². The molecule has 4 rings (SSSR count). The average Bonchev–Trinajstić information content (AvgIpc) is 3.10. The second-order valence-electron chi connectivity index (χ2n) is 11.0. The van der Waals surface area contributed by atoms with Crippen LogP contribution in [0.1, 0.15) is 66.2 Å². The molecule has 0 spiro atoms. The third-order valence-corrected chi connectivity index (χ3v) is 7.20. The molecule has 0 aliphatic rings. The van der Waals surface area contributed by atoms with Crippen LogP contribution in [-0.4, -0.2) is 71.3 Å². The van der Waals surface area contributed by atoms with Crippen LogP contribution in [0.5, 0.6) is 5.75 Å². The summed E-state index contributed by atoms with van der Waals surface area (Å²) in [5, 5.41) is 21.9. The zero-order chi connectivity index (χ0) is 33.8. The Bertz CT molecular complexity index is 1540. The lowest BCUT2D eigenvalue weighted by Crippen LogP contribution is -2.27. The first kappa shape index (κ1) is 35.8. The quantitative estimate of drug-likeness (QED) is 0.0358. The number of unbranched alkanes of at least 4 members (excludes halogenated alkanes) is 4. The SMILES string of the molecule is CCCCCCCC(=O)c1ccc(Nc2nc(NCCOCCOCCNC(=O)c3ccccc3)nc(Nc3ccc(O)cc3)n2)cc1. The van der Waals surface area contributed by atoms with Gasteiger partial charge in [0.05, 0.1) is 26.4 Å². The molecule has 12 heteroatoms. The number of nitrogens with zero attached hydrogens (tertiary/aromatic N) is 3. The topological polar surface area (TPSA) is 160 Å². The Morgan fingerprint density at radius 1 is 0.646 bits per heavy atom. The van der Waals surface area contributed by atoms with Crippen LogP contribution in [0, 0.1) is 0 Å². The van der Waals surface area contributed by atoms with Crippen molar-refractivity contribution in [1.82, 2.24) is 20.3 Å². The summed E-state index contributed by atoms with van der Waals surface area (Å²) in [7, 11) is 0. The molecule has 3 aromatic carbocycles. The van der Waals surface area contributed by atoms with Crippen molar-refractivity contribution in [1.29, 1.82) is 0 Å². The maximum Gasteiger partial charge on any atom is 0.251 e. The van der Waals surface area contributed by atoms with Crippen LogP contribution < -0.4 is 21.3 Å². The molecule has 1 heterocycles. The van der Waals surface area contributed by atoms with Crippen molar-refractivity contribution in [2.45, 2.75) is 45.4 Å². The van der Waals surface area contributed by atoms with Gasteiger partial charge in [-0.15, -0.1) is 0 Å². The fourth-order valence-electron chi connectivity index (χ4n) is 4.63. The normalized spacial score (nSPS) is 10.8. The number of phenolic OH excluding ortho intramolecular Hbond substituents is 1. The Kier molecular flexibility index (Phi) is 15.1. The fraction of sp³-hybridized carbons (Fsp3) is 0.361. The van der Waals surface area contributed by atoms with Crippen molar-refractivity contribution in [3.63, 3.8) is 0 Å². The third kappa shape index (κ3) is 13.0. The van der Waals surface area contributed by atoms with Gasteiger partial charge in [-0.05, 0) is 67.1 Å². The molecule has 0 saturated carbocycles. The highest BCUT2D eigenvalue weighted by Gasteiger charge is 2.10. The number of benzene rings is 3. The molecule has 0 saturated heterocycles. The summed E-state index contributed by atoms with van der Waals surface area (Å²) in [6.07, 6.45) is 6.09. The molecule has 1 amide bonds. The number of aromatic nitrogens is 3. The molecule has 12 nitrogen and oxygen atoms in total. The second-order valence-corrected chi connectivity index (χ2v) is 11.0. The largest absolute Gasteiger partial charge is 0.508 e. The molecule has 0 aliphatic carbocycles. The van der Waals surface area contributed by atoms with E-state index in [-0.39, 0.29) is 17.4 Å². The van der Waals surface area contributed by atoms with Crippen molar-refractivity contribution in [2.75, 3.05) is 55.5 Å². The summed E-state index contributed by atoms with van der Waals surface area (Å²) in [5.41, 5.74) is 2.72. The van der Waals surface area contributed by atoms with Crippen molar-refractivity contribution in [2.24, 2.45) is 0 Å². The first-order chi connectivity index (χ1) is 23.5. The van der Waals surface area contributed by atoms with Gasteiger partial charge in [0.25, 0.3) is 5.91 Å². The predicted octanol–water partition coefficient (Wildman–Crippen LogP) is 6.48. The van der Waals surface area contributed by atoms with Gasteiger partial charge in [0.2, 0.25) is 17.8 Å². The first-order valence-corrected chi connectivity index (χ1v) is 16.4. The van der Waals surface area contributed by atoms with Crippen molar-refractivity contribution < 1.29 is 24.2 Å². The van der Waals surface area contributed by atoms with Gasteiger partial charge in [0.1, 0.15) is 5.75 Å². The number of ether oxygens (including phenoxy) is 2. The van der Waals surface area contributed by atoms with E-state index >= 15 is 0 Å². The second kappa shape index (κ2) is 20.2. The summed E-state index contributed by atoms with van der Waals surface area (Å²) in [4.78, 5) is 38.1. The minimum atomic E-state index is -0.132. The van der Waals surface area contributed by atoms with Crippen LogP contribution in [0.15, 0.2) is 78.9 Å². The minimum Gasteiger partial charge on any atom is -0.508 e. The minimum absolute atomic E-state index is 0.132. The highest BCUT2D eigenvalue weighted by molar-refractivity contribution is 5.96. The van der Waals surface area contributed by atoms with E-state index in [1.807, 2.05) is 42.5 Å². The number of anilines is 5. The number of rotatable bonds is 22. The molecule has 0 unspecified atom stereocenters. The standard InChI is InChI=1S/C36H45N7O5/c1-2-3-4-5-9-12-32(45)27-13-15-29(16-14-27)39-35-41-34(42-36(43-35)40-30-17-19-31(44)20-18-30)38-22-24-48-26-25-47-23-21-37-33(46)28-10-7-6-8-11-28/h6-8,10-11,13-20,44H,2-5,9,12,21-26H2,1H3,(H,37,46)(H3,38,39,40,41,42,43). The van der Waals surface area contributed by atoms with E-state index < -0.39 is 0 Å². The van der Waals surface area contributed by atoms with Crippen LogP contribution in [0.4, 0.5) is 29.2 Å². The van der Waals surface area contributed by atoms with Crippen LogP contribution in [0.25, 0.3) is 0 Å². The first-order valence-electron chi connectivity index (χ1n) is 16.4. The number of phenols is 1. The van der Waals surface area contributed by atoms with E-state index in [4.69, 9.17) is 9.47 Å². The van der Waals surface area contributed by atoms with Gasteiger partial charge in [-0.2, -0.15) is 15.0 Å². The lowest BCUT2D eigenvalue weighted by molar-refractivity contribution is 0.0519. The number of hydrogen-bond donors (Lipinski definition) is 5. The number of ketones is 1. The van der Waals surface area contributed by atoms with Crippen molar-refractivity contribution in [3.8, 4) is 5.75 Å².